The monoisotopic (exact) mass is 272 g/mol. The predicted molar refractivity (Wildman–Crippen MR) is 68.8 cm³/mol. The van der Waals surface area contributed by atoms with Crippen LogP contribution in [-0.2, 0) is 10.0 Å². The molecule has 1 aliphatic heterocycles. The van der Waals surface area contributed by atoms with Gasteiger partial charge in [-0.1, -0.05) is 0 Å². The molecule has 2 unspecified atom stereocenters. The fourth-order valence-corrected chi connectivity index (χ4v) is 3.64. The van der Waals surface area contributed by atoms with E-state index in [0.717, 1.165) is 19.4 Å². The first-order chi connectivity index (χ1) is 8.43. The molecule has 2 rings (SSSR count). The smallest absolute Gasteiger partial charge is 0.276 e. The molecule has 1 aromatic heterocycles. The van der Waals surface area contributed by atoms with Crippen molar-refractivity contribution >= 4 is 10.0 Å². The molecule has 0 aliphatic carbocycles. The Kier molecular flexibility index (Phi) is 3.79. The number of sulfonamides is 1. The van der Waals surface area contributed by atoms with Crippen LogP contribution in [0.25, 0.3) is 0 Å². The summed E-state index contributed by atoms with van der Waals surface area (Å²) < 4.78 is 31.1. The average molecular weight is 272 g/mol. The molecule has 1 aliphatic rings. The zero-order chi connectivity index (χ0) is 13.3. The van der Waals surface area contributed by atoms with Crippen molar-refractivity contribution in [1.29, 1.82) is 0 Å². The standard InChI is InChI=1S/C12H20N2O3S/c1-10-9-11(6-7-13(10)2)14(3)18(15,16)12-5-4-8-17-12/h4-5,8,10-11H,6-7,9H2,1-3H3. The van der Waals surface area contributed by atoms with Crippen LogP contribution in [0.5, 0.6) is 0 Å². The van der Waals surface area contributed by atoms with Crippen molar-refractivity contribution in [3.8, 4) is 0 Å². The van der Waals surface area contributed by atoms with Crippen molar-refractivity contribution in [1.82, 2.24) is 9.21 Å². The zero-order valence-electron chi connectivity index (χ0n) is 11.0. The van der Waals surface area contributed by atoms with E-state index in [4.69, 9.17) is 4.42 Å². The average Bonchev–Trinajstić information content (AvgIpc) is 2.86. The van der Waals surface area contributed by atoms with E-state index in [2.05, 4.69) is 18.9 Å². The first kappa shape index (κ1) is 13.6. The highest BCUT2D eigenvalue weighted by atomic mass is 32.2. The van der Waals surface area contributed by atoms with E-state index in [1.54, 1.807) is 13.1 Å². The molecule has 0 saturated carbocycles. The lowest BCUT2D eigenvalue weighted by Crippen LogP contribution is -2.47. The first-order valence-electron chi connectivity index (χ1n) is 6.14. The van der Waals surface area contributed by atoms with Gasteiger partial charge < -0.3 is 9.32 Å². The van der Waals surface area contributed by atoms with E-state index < -0.39 is 10.0 Å². The molecule has 5 nitrogen and oxygen atoms in total. The molecule has 0 N–H and O–H groups in total. The Hall–Kier alpha value is -0.850. The van der Waals surface area contributed by atoms with Gasteiger partial charge in [-0.05, 0) is 45.5 Å². The van der Waals surface area contributed by atoms with Crippen LogP contribution in [0.1, 0.15) is 19.8 Å². The number of hydrogen-bond donors (Lipinski definition) is 0. The molecule has 0 amide bonds. The molecule has 102 valence electrons. The molecule has 18 heavy (non-hydrogen) atoms. The van der Waals surface area contributed by atoms with E-state index >= 15 is 0 Å². The lowest BCUT2D eigenvalue weighted by atomic mass is 9.99. The molecular weight excluding hydrogens is 252 g/mol. The number of furan rings is 1. The van der Waals surface area contributed by atoms with Gasteiger partial charge in [0.1, 0.15) is 0 Å². The molecule has 0 radical (unpaired) electrons. The summed E-state index contributed by atoms with van der Waals surface area (Å²) in [4.78, 5) is 2.25. The third-order valence-corrected chi connectivity index (χ3v) is 5.62. The Morgan fingerprint density at radius 1 is 1.50 bits per heavy atom. The number of rotatable bonds is 3. The van der Waals surface area contributed by atoms with Crippen LogP contribution >= 0.6 is 0 Å². The van der Waals surface area contributed by atoms with Crippen molar-refractivity contribution in [2.45, 2.75) is 36.9 Å². The van der Waals surface area contributed by atoms with Crippen LogP contribution in [0.15, 0.2) is 27.9 Å². The van der Waals surface area contributed by atoms with Crippen LogP contribution < -0.4 is 0 Å². The number of piperidine rings is 1. The van der Waals surface area contributed by atoms with E-state index in [1.165, 1.54) is 16.6 Å². The highest BCUT2D eigenvalue weighted by molar-refractivity contribution is 7.89. The van der Waals surface area contributed by atoms with Gasteiger partial charge >= 0.3 is 0 Å². The SMILES string of the molecule is CC1CC(N(C)S(=O)(=O)c2ccco2)CCN1C. The van der Waals surface area contributed by atoms with Gasteiger partial charge in [-0.2, -0.15) is 4.31 Å². The van der Waals surface area contributed by atoms with Crippen molar-refractivity contribution in [3.05, 3.63) is 18.4 Å². The van der Waals surface area contributed by atoms with Gasteiger partial charge in [0.05, 0.1) is 6.26 Å². The van der Waals surface area contributed by atoms with Gasteiger partial charge in [-0.15, -0.1) is 0 Å². The minimum absolute atomic E-state index is 0.0246. The maximum atomic E-state index is 12.3. The lowest BCUT2D eigenvalue weighted by Gasteiger charge is -2.38. The summed E-state index contributed by atoms with van der Waals surface area (Å²) in [7, 11) is 0.223. The Morgan fingerprint density at radius 3 is 2.78 bits per heavy atom. The van der Waals surface area contributed by atoms with E-state index in [1.807, 2.05) is 0 Å². The van der Waals surface area contributed by atoms with Crippen molar-refractivity contribution in [3.63, 3.8) is 0 Å². The summed E-state index contributed by atoms with van der Waals surface area (Å²) in [6.45, 7) is 3.04. The van der Waals surface area contributed by atoms with Crippen LogP contribution in [0.2, 0.25) is 0 Å². The summed E-state index contributed by atoms with van der Waals surface area (Å²) >= 11 is 0. The normalized spacial score (nSPS) is 26.7. The summed E-state index contributed by atoms with van der Waals surface area (Å²) in [5.74, 6) is 0. The Balaban J connectivity index is 2.15. The largest absolute Gasteiger partial charge is 0.452 e. The number of likely N-dealkylation sites (tertiary alicyclic amines) is 1. The minimum Gasteiger partial charge on any atom is -0.452 e. The van der Waals surface area contributed by atoms with E-state index in [0.29, 0.717) is 6.04 Å². The Bertz CT molecular complexity index is 483. The van der Waals surface area contributed by atoms with Crippen LogP contribution in [0.4, 0.5) is 0 Å². The van der Waals surface area contributed by atoms with Crippen molar-refractivity contribution < 1.29 is 12.8 Å². The highest BCUT2D eigenvalue weighted by Gasteiger charge is 2.33. The Labute approximate surface area is 108 Å². The second-order valence-corrected chi connectivity index (χ2v) is 6.89. The Morgan fingerprint density at radius 2 is 2.22 bits per heavy atom. The summed E-state index contributed by atoms with van der Waals surface area (Å²) in [5, 5.41) is 0.0246. The summed E-state index contributed by atoms with van der Waals surface area (Å²) in [6, 6.07) is 3.53. The fraction of sp³-hybridized carbons (Fsp3) is 0.667. The molecule has 2 atom stereocenters. The van der Waals surface area contributed by atoms with Crippen molar-refractivity contribution in [2.24, 2.45) is 0 Å². The maximum Gasteiger partial charge on any atom is 0.276 e. The van der Waals surface area contributed by atoms with Crippen LogP contribution in [0, 0.1) is 0 Å². The molecule has 6 heteroatoms. The van der Waals surface area contributed by atoms with E-state index in [-0.39, 0.29) is 11.1 Å². The van der Waals surface area contributed by atoms with Crippen LogP contribution in [-0.4, -0.2) is 50.3 Å². The fourth-order valence-electron chi connectivity index (χ4n) is 2.34. The second kappa shape index (κ2) is 5.03. The topological polar surface area (TPSA) is 53.8 Å². The second-order valence-electron chi connectivity index (χ2n) is 4.96. The molecule has 1 fully saturated rings. The first-order valence-corrected chi connectivity index (χ1v) is 7.58. The van der Waals surface area contributed by atoms with Gasteiger partial charge in [0.2, 0.25) is 5.09 Å². The third-order valence-electron chi connectivity index (χ3n) is 3.82. The molecule has 2 heterocycles. The van der Waals surface area contributed by atoms with E-state index in [9.17, 15) is 8.42 Å². The maximum absolute atomic E-state index is 12.3. The molecule has 1 saturated heterocycles. The van der Waals surface area contributed by atoms with Gasteiger partial charge in [0, 0.05) is 19.1 Å². The summed E-state index contributed by atoms with van der Waals surface area (Å²) in [5.41, 5.74) is 0. The van der Waals surface area contributed by atoms with Gasteiger partial charge in [-0.3, -0.25) is 0 Å². The molecule has 1 aromatic rings. The molecular formula is C12H20N2O3S. The zero-order valence-corrected chi connectivity index (χ0v) is 11.9. The van der Waals surface area contributed by atoms with Gasteiger partial charge in [-0.25, -0.2) is 8.42 Å². The van der Waals surface area contributed by atoms with Crippen molar-refractivity contribution in [2.75, 3.05) is 20.6 Å². The van der Waals surface area contributed by atoms with Gasteiger partial charge in [0.15, 0.2) is 0 Å². The molecule has 0 bridgehead atoms. The number of nitrogens with zero attached hydrogens (tertiary/aromatic N) is 2. The lowest BCUT2D eigenvalue weighted by molar-refractivity contribution is 0.141. The summed E-state index contributed by atoms with van der Waals surface area (Å²) in [6.07, 6.45) is 3.10. The quantitative estimate of drug-likeness (QED) is 0.834. The third kappa shape index (κ3) is 2.46. The molecule has 0 spiro atoms. The van der Waals surface area contributed by atoms with Gasteiger partial charge in [0.25, 0.3) is 10.0 Å². The minimum atomic E-state index is -3.49. The molecule has 0 aromatic carbocycles. The number of hydrogen-bond acceptors (Lipinski definition) is 4. The predicted octanol–water partition coefficient (Wildman–Crippen LogP) is 1.38. The van der Waals surface area contributed by atoms with Crippen LogP contribution in [0.3, 0.4) is 0 Å². The highest BCUT2D eigenvalue weighted by Crippen LogP contribution is 2.25.